The van der Waals surface area contributed by atoms with Crippen molar-refractivity contribution in [3.8, 4) is 6.07 Å². The van der Waals surface area contributed by atoms with Gasteiger partial charge in [0.05, 0.1) is 6.07 Å². The highest BCUT2D eigenvalue weighted by Crippen LogP contribution is 2.33. The van der Waals surface area contributed by atoms with Crippen LogP contribution in [0, 0.1) is 22.7 Å². The number of carbonyl (C=O) groups is 1. The van der Waals surface area contributed by atoms with Gasteiger partial charge in [0.1, 0.15) is 5.41 Å². The van der Waals surface area contributed by atoms with E-state index in [1.165, 1.54) is 19.3 Å². The van der Waals surface area contributed by atoms with E-state index in [1.54, 1.807) is 0 Å². The van der Waals surface area contributed by atoms with Crippen LogP contribution in [0.3, 0.4) is 0 Å². The zero-order valence-corrected chi connectivity index (χ0v) is 12.9. The quantitative estimate of drug-likeness (QED) is 0.759. The summed E-state index contributed by atoms with van der Waals surface area (Å²) in [6, 6.07) is 2.60. The molecule has 0 N–H and O–H groups in total. The Morgan fingerprint density at radius 3 is 2.11 bits per heavy atom. The fourth-order valence-corrected chi connectivity index (χ4v) is 3.20. The van der Waals surface area contributed by atoms with Gasteiger partial charge in [0, 0.05) is 13.1 Å². The third-order valence-electron chi connectivity index (χ3n) is 5.09. The molecule has 0 heterocycles. The zero-order valence-electron chi connectivity index (χ0n) is 12.9. The lowest BCUT2D eigenvalue weighted by Gasteiger charge is -2.38. The Morgan fingerprint density at radius 1 is 1.21 bits per heavy atom. The Balaban J connectivity index is 2.70. The summed E-state index contributed by atoms with van der Waals surface area (Å²) in [7, 11) is 1.89. The second-order valence-electron chi connectivity index (χ2n) is 5.90. The molecule has 1 fully saturated rings. The lowest BCUT2D eigenvalue weighted by atomic mass is 9.80. The largest absolute Gasteiger partial charge is 0.341 e. The van der Waals surface area contributed by atoms with Crippen LogP contribution in [0.25, 0.3) is 0 Å². The Bertz CT molecular complexity index is 333. The average Bonchev–Trinajstić information content (AvgIpc) is 2.48. The van der Waals surface area contributed by atoms with Crippen molar-refractivity contribution in [2.45, 2.75) is 71.8 Å². The molecule has 0 aromatic carbocycles. The lowest BCUT2D eigenvalue weighted by molar-refractivity contribution is -0.141. The fourth-order valence-electron chi connectivity index (χ4n) is 3.20. The SMILES string of the molecule is CCC1CCC(N(C)C(=O)C(C#N)(CC)CC)CC1. The first-order chi connectivity index (χ1) is 9.04. The molecule has 19 heavy (non-hydrogen) atoms. The second-order valence-corrected chi connectivity index (χ2v) is 5.90. The highest BCUT2D eigenvalue weighted by atomic mass is 16.2. The second kappa shape index (κ2) is 6.93. The van der Waals surface area contributed by atoms with E-state index >= 15 is 0 Å². The van der Waals surface area contributed by atoms with Crippen molar-refractivity contribution in [2.24, 2.45) is 11.3 Å². The summed E-state index contributed by atoms with van der Waals surface area (Å²) in [5, 5.41) is 9.38. The lowest BCUT2D eigenvalue weighted by Crippen LogP contribution is -2.47. The van der Waals surface area contributed by atoms with E-state index in [2.05, 4.69) is 13.0 Å². The number of nitrogens with zero attached hydrogens (tertiary/aromatic N) is 2. The Labute approximate surface area is 118 Å². The molecule has 108 valence electrons. The minimum Gasteiger partial charge on any atom is -0.341 e. The summed E-state index contributed by atoms with van der Waals surface area (Å²) in [4.78, 5) is 14.5. The molecule has 0 aliphatic heterocycles. The molecule has 3 heteroatoms. The first-order valence-electron chi connectivity index (χ1n) is 7.73. The molecule has 3 nitrogen and oxygen atoms in total. The molecule has 0 aromatic heterocycles. The molecule has 1 aliphatic carbocycles. The normalized spacial score (nSPS) is 23.7. The van der Waals surface area contributed by atoms with E-state index in [-0.39, 0.29) is 5.91 Å². The maximum atomic E-state index is 12.6. The number of hydrogen-bond acceptors (Lipinski definition) is 2. The fraction of sp³-hybridized carbons (Fsp3) is 0.875. The topological polar surface area (TPSA) is 44.1 Å². The molecule has 1 rings (SSSR count). The summed E-state index contributed by atoms with van der Waals surface area (Å²) >= 11 is 0. The van der Waals surface area contributed by atoms with Crippen LogP contribution < -0.4 is 0 Å². The van der Waals surface area contributed by atoms with Gasteiger partial charge in [-0.3, -0.25) is 4.79 Å². The average molecular weight is 264 g/mol. The van der Waals surface area contributed by atoms with Crippen LogP contribution in [0.15, 0.2) is 0 Å². The highest BCUT2D eigenvalue weighted by Gasteiger charge is 2.39. The third-order valence-corrected chi connectivity index (χ3v) is 5.09. The van der Waals surface area contributed by atoms with Gasteiger partial charge in [0.15, 0.2) is 0 Å². The number of amides is 1. The molecule has 1 aliphatic rings. The number of hydrogen-bond donors (Lipinski definition) is 0. The molecule has 0 atom stereocenters. The van der Waals surface area contributed by atoms with Crippen molar-refractivity contribution in [2.75, 3.05) is 7.05 Å². The predicted octanol–water partition coefficient (Wildman–Crippen LogP) is 3.74. The minimum atomic E-state index is -0.809. The van der Waals surface area contributed by atoms with Crippen molar-refractivity contribution in [3.05, 3.63) is 0 Å². The van der Waals surface area contributed by atoms with Gasteiger partial charge >= 0.3 is 0 Å². The molecule has 0 unspecified atom stereocenters. The Morgan fingerprint density at radius 2 is 1.74 bits per heavy atom. The molecular weight excluding hydrogens is 236 g/mol. The van der Waals surface area contributed by atoms with Crippen LogP contribution in [0.1, 0.15) is 65.7 Å². The van der Waals surface area contributed by atoms with Crippen LogP contribution >= 0.6 is 0 Å². The van der Waals surface area contributed by atoms with E-state index in [0.29, 0.717) is 18.9 Å². The number of nitriles is 1. The summed E-state index contributed by atoms with van der Waals surface area (Å²) in [5.41, 5.74) is -0.809. The van der Waals surface area contributed by atoms with Crippen molar-refractivity contribution >= 4 is 5.91 Å². The van der Waals surface area contributed by atoms with E-state index in [9.17, 15) is 10.1 Å². The molecule has 0 radical (unpaired) electrons. The summed E-state index contributed by atoms with van der Waals surface area (Å²) in [6.45, 7) is 6.12. The van der Waals surface area contributed by atoms with E-state index in [0.717, 1.165) is 18.8 Å². The van der Waals surface area contributed by atoms with E-state index in [1.807, 2.05) is 25.8 Å². The van der Waals surface area contributed by atoms with Crippen LogP contribution in [-0.2, 0) is 4.79 Å². The van der Waals surface area contributed by atoms with Crippen LogP contribution in [0.5, 0.6) is 0 Å². The van der Waals surface area contributed by atoms with Crippen molar-refractivity contribution < 1.29 is 4.79 Å². The number of rotatable bonds is 5. The maximum absolute atomic E-state index is 12.6. The maximum Gasteiger partial charge on any atom is 0.243 e. The van der Waals surface area contributed by atoms with Crippen molar-refractivity contribution in [1.82, 2.24) is 4.90 Å². The van der Waals surface area contributed by atoms with Crippen LogP contribution in [-0.4, -0.2) is 23.9 Å². The summed E-state index contributed by atoms with van der Waals surface area (Å²) in [5.74, 6) is 0.859. The monoisotopic (exact) mass is 264 g/mol. The van der Waals surface area contributed by atoms with Gasteiger partial charge in [-0.15, -0.1) is 0 Å². The van der Waals surface area contributed by atoms with Gasteiger partial charge in [-0.25, -0.2) is 0 Å². The van der Waals surface area contributed by atoms with Gasteiger partial charge in [-0.05, 0) is 44.4 Å². The molecule has 1 saturated carbocycles. The first kappa shape index (κ1) is 16.0. The predicted molar refractivity (Wildman–Crippen MR) is 77.4 cm³/mol. The van der Waals surface area contributed by atoms with Crippen LogP contribution in [0.2, 0.25) is 0 Å². The van der Waals surface area contributed by atoms with Crippen molar-refractivity contribution in [1.29, 1.82) is 5.26 Å². The Hall–Kier alpha value is -1.04. The molecule has 0 saturated heterocycles. The summed E-state index contributed by atoms with van der Waals surface area (Å²) < 4.78 is 0. The van der Waals surface area contributed by atoms with Crippen LogP contribution in [0.4, 0.5) is 0 Å². The van der Waals surface area contributed by atoms with E-state index in [4.69, 9.17) is 0 Å². The molecule has 1 amide bonds. The Kier molecular flexibility index (Phi) is 5.85. The third kappa shape index (κ3) is 3.29. The molecular formula is C16H28N2O. The molecule has 0 aromatic rings. The smallest absolute Gasteiger partial charge is 0.243 e. The molecule has 0 spiro atoms. The molecule has 0 bridgehead atoms. The first-order valence-corrected chi connectivity index (χ1v) is 7.73. The van der Waals surface area contributed by atoms with Gasteiger partial charge in [-0.1, -0.05) is 27.2 Å². The van der Waals surface area contributed by atoms with Gasteiger partial charge in [-0.2, -0.15) is 5.26 Å². The van der Waals surface area contributed by atoms with Crippen molar-refractivity contribution in [3.63, 3.8) is 0 Å². The standard InChI is InChI=1S/C16H28N2O/c1-5-13-8-10-14(11-9-13)18(4)15(19)16(6-2,7-3)12-17/h13-14H,5-11H2,1-4H3. The van der Waals surface area contributed by atoms with E-state index < -0.39 is 5.41 Å². The highest BCUT2D eigenvalue weighted by molar-refractivity contribution is 5.85. The number of carbonyl (C=O) groups excluding carboxylic acids is 1. The van der Waals surface area contributed by atoms with Gasteiger partial charge in [0.2, 0.25) is 5.91 Å². The zero-order chi connectivity index (χ0) is 14.5. The summed E-state index contributed by atoms with van der Waals surface area (Å²) in [6.07, 6.45) is 7.08. The van der Waals surface area contributed by atoms with Gasteiger partial charge in [0.25, 0.3) is 0 Å². The van der Waals surface area contributed by atoms with Gasteiger partial charge < -0.3 is 4.90 Å². The minimum absolute atomic E-state index is 0.0277.